The number of ether oxygens (including phenoxy) is 1. The quantitative estimate of drug-likeness (QED) is 0.825. The van der Waals surface area contributed by atoms with Crippen molar-refractivity contribution in [1.29, 1.82) is 0 Å². The fourth-order valence-corrected chi connectivity index (χ4v) is 1.75. The minimum Gasteiger partial charge on any atom is -0.496 e. The summed E-state index contributed by atoms with van der Waals surface area (Å²) in [6.45, 7) is 3.52. The van der Waals surface area contributed by atoms with E-state index in [4.69, 9.17) is 4.74 Å². The van der Waals surface area contributed by atoms with Crippen molar-refractivity contribution < 1.29 is 9.53 Å². The number of likely N-dealkylation sites (N-methyl/N-ethyl adjacent to an activating group) is 2. The molecule has 0 aliphatic heterocycles. The molecular weight excluding hydrogens is 228 g/mol. The van der Waals surface area contributed by atoms with Crippen molar-refractivity contribution in [2.45, 2.75) is 13.3 Å². The molecule has 0 aliphatic rings. The van der Waals surface area contributed by atoms with E-state index in [1.54, 1.807) is 12.0 Å². The molecule has 0 radical (unpaired) electrons. The SMILES string of the molecule is CNCCN(C)C(=O)Cc1cc(C)ccc1OC. The third-order valence-electron chi connectivity index (χ3n) is 2.90. The van der Waals surface area contributed by atoms with E-state index in [9.17, 15) is 4.79 Å². The maximum atomic E-state index is 12.0. The first-order valence-corrected chi connectivity index (χ1v) is 6.10. The van der Waals surface area contributed by atoms with Crippen LogP contribution in [0.1, 0.15) is 11.1 Å². The average molecular weight is 250 g/mol. The van der Waals surface area contributed by atoms with Gasteiger partial charge in [-0.3, -0.25) is 4.79 Å². The van der Waals surface area contributed by atoms with Gasteiger partial charge in [-0.1, -0.05) is 17.7 Å². The molecule has 1 N–H and O–H groups in total. The molecule has 1 amide bonds. The van der Waals surface area contributed by atoms with Crippen LogP contribution >= 0.6 is 0 Å². The van der Waals surface area contributed by atoms with Gasteiger partial charge in [-0.25, -0.2) is 0 Å². The normalized spacial score (nSPS) is 10.2. The lowest BCUT2D eigenvalue weighted by Gasteiger charge is -2.18. The first-order valence-electron chi connectivity index (χ1n) is 6.10. The Hall–Kier alpha value is -1.55. The number of amides is 1. The molecule has 1 aromatic rings. The van der Waals surface area contributed by atoms with Gasteiger partial charge in [0.1, 0.15) is 5.75 Å². The Morgan fingerprint density at radius 1 is 1.44 bits per heavy atom. The molecule has 0 saturated heterocycles. The third-order valence-corrected chi connectivity index (χ3v) is 2.90. The zero-order valence-corrected chi connectivity index (χ0v) is 11.6. The highest BCUT2D eigenvalue weighted by atomic mass is 16.5. The molecular formula is C14H22N2O2. The zero-order valence-electron chi connectivity index (χ0n) is 11.6. The Morgan fingerprint density at radius 3 is 2.78 bits per heavy atom. The Labute approximate surface area is 109 Å². The van der Waals surface area contributed by atoms with E-state index in [0.29, 0.717) is 13.0 Å². The van der Waals surface area contributed by atoms with Crippen LogP contribution in [0.2, 0.25) is 0 Å². The average Bonchev–Trinajstić information content (AvgIpc) is 2.36. The van der Waals surface area contributed by atoms with Crippen molar-refractivity contribution in [2.24, 2.45) is 0 Å². The van der Waals surface area contributed by atoms with E-state index in [2.05, 4.69) is 5.32 Å². The highest BCUT2D eigenvalue weighted by Gasteiger charge is 2.12. The van der Waals surface area contributed by atoms with Crippen molar-refractivity contribution in [3.8, 4) is 5.75 Å². The van der Waals surface area contributed by atoms with Crippen molar-refractivity contribution in [1.82, 2.24) is 10.2 Å². The van der Waals surface area contributed by atoms with Crippen LogP contribution in [0.5, 0.6) is 5.75 Å². The predicted octanol–water partition coefficient (Wildman–Crippen LogP) is 1.22. The number of carbonyl (C=O) groups is 1. The van der Waals surface area contributed by atoms with Crippen LogP contribution < -0.4 is 10.1 Å². The van der Waals surface area contributed by atoms with E-state index >= 15 is 0 Å². The number of methoxy groups -OCH3 is 1. The summed E-state index contributed by atoms with van der Waals surface area (Å²) in [5.41, 5.74) is 2.08. The number of hydrogen-bond acceptors (Lipinski definition) is 3. The topological polar surface area (TPSA) is 41.6 Å². The molecule has 0 aromatic heterocycles. The fourth-order valence-electron chi connectivity index (χ4n) is 1.75. The summed E-state index contributed by atoms with van der Waals surface area (Å²) in [6, 6.07) is 5.89. The molecule has 0 atom stereocenters. The van der Waals surface area contributed by atoms with Gasteiger partial charge < -0.3 is 15.0 Å². The lowest BCUT2D eigenvalue weighted by atomic mass is 10.1. The number of benzene rings is 1. The van der Waals surface area contributed by atoms with Gasteiger partial charge in [0.15, 0.2) is 0 Å². The second-order valence-electron chi connectivity index (χ2n) is 4.41. The van der Waals surface area contributed by atoms with Gasteiger partial charge in [0.05, 0.1) is 13.5 Å². The number of rotatable bonds is 6. The molecule has 4 heteroatoms. The van der Waals surface area contributed by atoms with Crippen LogP contribution in [0.25, 0.3) is 0 Å². The van der Waals surface area contributed by atoms with Gasteiger partial charge in [0.25, 0.3) is 0 Å². The number of carbonyl (C=O) groups excluding carboxylic acids is 1. The van der Waals surface area contributed by atoms with Crippen LogP contribution in [-0.4, -0.2) is 45.1 Å². The van der Waals surface area contributed by atoms with Gasteiger partial charge in [0, 0.05) is 25.7 Å². The van der Waals surface area contributed by atoms with Gasteiger partial charge in [-0.05, 0) is 20.0 Å². The summed E-state index contributed by atoms with van der Waals surface area (Å²) >= 11 is 0. The molecule has 0 saturated carbocycles. The second-order valence-corrected chi connectivity index (χ2v) is 4.41. The van der Waals surface area contributed by atoms with E-state index in [1.165, 1.54) is 0 Å². The summed E-state index contributed by atoms with van der Waals surface area (Å²) in [4.78, 5) is 13.8. The van der Waals surface area contributed by atoms with Gasteiger partial charge in [-0.15, -0.1) is 0 Å². The highest BCUT2D eigenvalue weighted by Crippen LogP contribution is 2.20. The molecule has 0 bridgehead atoms. The smallest absolute Gasteiger partial charge is 0.226 e. The maximum Gasteiger partial charge on any atom is 0.226 e. The lowest BCUT2D eigenvalue weighted by Crippen LogP contribution is -2.33. The molecule has 0 heterocycles. The fraction of sp³-hybridized carbons (Fsp3) is 0.500. The monoisotopic (exact) mass is 250 g/mol. The van der Waals surface area contributed by atoms with E-state index in [-0.39, 0.29) is 5.91 Å². The Balaban J connectivity index is 2.71. The number of hydrogen-bond donors (Lipinski definition) is 1. The molecule has 18 heavy (non-hydrogen) atoms. The Bertz CT molecular complexity index is 405. The molecule has 100 valence electrons. The maximum absolute atomic E-state index is 12.0. The van der Waals surface area contributed by atoms with E-state index in [0.717, 1.165) is 23.4 Å². The zero-order chi connectivity index (χ0) is 13.5. The summed E-state index contributed by atoms with van der Waals surface area (Å²) in [7, 11) is 5.33. The molecule has 0 unspecified atom stereocenters. The minimum atomic E-state index is 0.106. The van der Waals surface area contributed by atoms with Crippen LogP contribution in [0.3, 0.4) is 0 Å². The second kappa shape index (κ2) is 7.01. The summed E-state index contributed by atoms with van der Waals surface area (Å²) < 4.78 is 5.28. The highest BCUT2D eigenvalue weighted by molar-refractivity contribution is 5.79. The Kier molecular flexibility index (Phi) is 5.65. The van der Waals surface area contributed by atoms with Crippen LogP contribution in [0.4, 0.5) is 0 Å². The van der Waals surface area contributed by atoms with Crippen molar-refractivity contribution in [3.63, 3.8) is 0 Å². The van der Waals surface area contributed by atoms with Crippen LogP contribution in [-0.2, 0) is 11.2 Å². The van der Waals surface area contributed by atoms with Gasteiger partial charge in [0.2, 0.25) is 5.91 Å². The van der Waals surface area contributed by atoms with Crippen molar-refractivity contribution >= 4 is 5.91 Å². The largest absolute Gasteiger partial charge is 0.496 e. The van der Waals surface area contributed by atoms with Crippen LogP contribution in [0, 0.1) is 6.92 Å². The standard InChI is InChI=1S/C14H22N2O2/c1-11-5-6-13(18-4)12(9-11)10-14(17)16(3)8-7-15-2/h5-6,9,15H,7-8,10H2,1-4H3. The van der Waals surface area contributed by atoms with Gasteiger partial charge in [-0.2, -0.15) is 0 Å². The first kappa shape index (κ1) is 14.5. The molecule has 1 aromatic carbocycles. The molecule has 1 rings (SSSR count). The molecule has 0 fully saturated rings. The molecule has 0 aliphatic carbocycles. The Morgan fingerprint density at radius 2 is 2.17 bits per heavy atom. The van der Waals surface area contributed by atoms with Gasteiger partial charge >= 0.3 is 0 Å². The van der Waals surface area contributed by atoms with Crippen molar-refractivity contribution in [2.75, 3.05) is 34.3 Å². The number of aryl methyl sites for hydroxylation is 1. The summed E-state index contributed by atoms with van der Waals surface area (Å²) in [5.74, 6) is 0.880. The molecule has 0 spiro atoms. The first-order chi connectivity index (χ1) is 8.58. The van der Waals surface area contributed by atoms with E-state index in [1.807, 2.05) is 39.2 Å². The number of nitrogens with one attached hydrogen (secondary N) is 1. The minimum absolute atomic E-state index is 0.106. The van der Waals surface area contributed by atoms with Crippen molar-refractivity contribution in [3.05, 3.63) is 29.3 Å². The third kappa shape index (κ3) is 4.04. The van der Waals surface area contributed by atoms with Crippen LogP contribution in [0.15, 0.2) is 18.2 Å². The lowest BCUT2D eigenvalue weighted by molar-refractivity contribution is -0.129. The number of nitrogens with zero attached hydrogens (tertiary/aromatic N) is 1. The summed E-state index contributed by atoms with van der Waals surface area (Å²) in [6.07, 6.45) is 0.380. The van der Waals surface area contributed by atoms with E-state index < -0.39 is 0 Å². The summed E-state index contributed by atoms with van der Waals surface area (Å²) in [5, 5.41) is 3.03. The predicted molar refractivity (Wildman–Crippen MR) is 73.0 cm³/mol. The molecule has 4 nitrogen and oxygen atoms in total.